The van der Waals surface area contributed by atoms with E-state index in [4.69, 9.17) is 16.3 Å². The molecule has 6 nitrogen and oxygen atoms in total. The van der Waals surface area contributed by atoms with Crippen LogP contribution in [0.1, 0.15) is 17.5 Å². The van der Waals surface area contributed by atoms with E-state index < -0.39 is 0 Å². The lowest BCUT2D eigenvalue weighted by molar-refractivity contribution is 0.304. The summed E-state index contributed by atoms with van der Waals surface area (Å²) in [5, 5.41) is 17.1. The summed E-state index contributed by atoms with van der Waals surface area (Å²) < 4.78 is 8.63. The van der Waals surface area contributed by atoms with Crippen molar-refractivity contribution in [2.45, 2.75) is 24.7 Å². The van der Waals surface area contributed by atoms with Crippen LogP contribution >= 0.6 is 51.7 Å². The Morgan fingerprint density at radius 3 is 2.53 bits per heavy atom. The van der Waals surface area contributed by atoms with Crippen LogP contribution in [0.5, 0.6) is 5.75 Å². The Kier molecular flexibility index (Phi) is 10.7. The smallest absolute Gasteiger partial charge is 0.214 e. The Balaban J connectivity index is 0.00000324. The number of tetrazole rings is 1. The lowest BCUT2D eigenvalue weighted by atomic mass is 10.2. The van der Waals surface area contributed by atoms with Crippen molar-refractivity contribution in [2.24, 2.45) is 0 Å². The van der Waals surface area contributed by atoms with Crippen molar-refractivity contribution in [1.82, 2.24) is 25.5 Å². The van der Waals surface area contributed by atoms with E-state index in [2.05, 4.69) is 48.9 Å². The molecule has 178 valence electrons. The Bertz CT molecular complexity index is 1160. The normalized spacial score (nSPS) is 10.6. The van der Waals surface area contributed by atoms with Crippen molar-refractivity contribution in [1.29, 1.82) is 0 Å². The molecule has 0 aliphatic rings. The van der Waals surface area contributed by atoms with Crippen LogP contribution in [0.15, 0.2) is 82.4 Å². The second-order valence-electron chi connectivity index (χ2n) is 7.27. The maximum atomic E-state index is 5.93. The van der Waals surface area contributed by atoms with Gasteiger partial charge in [-0.2, -0.15) is 4.68 Å². The molecule has 0 fully saturated rings. The first-order chi connectivity index (χ1) is 16.2. The summed E-state index contributed by atoms with van der Waals surface area (Å²) in [5.74, 6) is 1.75. The van der Waals surface area contributed by atoms with Gasteiger partial charge in [0.1, 0.15) is 12.4 Å². The first-order valence-electron chi connectivity index (χ1n) is 10.5. The molecule has 1 heterocycles. The molecule has 0 saturated heterocycles. The zero-order chi connectivity index (χ0) is 22.9. The summed E-state index contributed by atoms with van der Waals surface area (Å²) in [7, 11) is 0. The minimum atomic E-state index is 0. The Hall–Kier alpha value is -2.10. The molecular formula is C24H24BrCl2N5OS. The molecule has 1 aromatic heterocycles. The number of para-hydroxylation sites is 1. The predicted octanol–water partition coefficient (Wildman–Crippen LogP) is 6.35. The fourth-order valence-electron chi connectivity index (χ4n) is 3.11. The van der Waals surface area contributed by atoms with Crippen molar-refractivity contribution < 1.29 is 4.74 Å². The zero-order valence-electron chi connectivity index (χ0n) is 18.2. The maximum Gasteiger partial charge on any atom is 0.214 e. The zero-order valence-corrected chi connectivity index (χ0v) is 22.2. The van der Waals surface area contributed by atoms with Crippen LogP contribution in [0.2, 0.25) is 5.02 Å². The number of ether oxygens (including phenoxy) is 1. The lowest BCUT2D eigenvalue weighted by Crippen LogP contribution is -2.15. The molecule has 4 rings (SSSR count). The molecular weight excluding hydrogens is 557 g/mol. The molecule has 3 aromatic carbocycles. The Labute approximate surface area is 223 Å². The highest BCUT2D eigenvalue weighted by Gasteiger charge is 2.08. The Morgan fingerprint density at radius 1 is 1.00 bits per heavy atom. The van der Waals surface area contributed by atoms with Gasteiger partial charge in [-0.1, -0.05) is 59.8 Å². The van der Waals surface area contributed by atoms with Crippen LogP contribution in [0.3, 0.4) is 0 Å². The van der Waals surface area contributed by atoms with Crippen LogP contribution < -0.4 is 10.1 Å². The molecule has 1 N–H and O–H groups in total. The van der Waals surface area contributed by atoms with Gasteiger partial charge in [0.05, 0.1) is 10.2 Å². The van der Waals surface area contributed by atoms with E-state index in [9.17, 15) is 0 Å². The highest BCUT2D eigenvalue weighted by molar-refractivity contribution is 9.10. The van der Waals surface area contributed by atoms with Gasteiger partial charge in [0.25, 0.3) is 0 Å². The number of rotatable bonds is 11. The number of benzene rings is 3. The number of nitrogens with one attached hydrogen (secondary N) is 1. The minimum Gasteiger partial charge on any atom is -0.488 e. The molecule has 0 aliphatic carbocycles. The molecule has 0 spiro atoms. The van der Waals surface area contributed by atoms with Gasteiger partial charge in [0.15, 0.2) is 0 Å². The summed E-state index contributed by atoms with van der Waals surface area (Å²) in [6.07, 6.45) is 1.01. The van der Waals surface area contributed by atoms with E-state index in [0.29, 0.717) is 6.61 Å². The molecule has 0 radical (unpaired) electrons. The molecule has 0 amide bonds. The van der Waals surface area contributed by atoms with Crippen LogP contribution in [0.4, 0.5) is 0 Å². The average Bonchev–Trinajstić information content (AvgIpc) is 3.31. The third-order valence-electron chi connectivity index (χ3n) is 4.80. The van der Waals surface area contributed by atoms with Crippen LogP contribution in [0, 0.1) is 0 Å². The fraction of sp³-hybridized carbons (Fsp3) is 0.208. The van der Waals surface area contributed by atoms with Crippen LogP contribution in [-0.4, -0.2) is 32.5 Å². The summed E-state index contributed by atoms with van der Waals surface area (Å²) in [4.78, 5) is 0. The van der Waals surface area contributed by atoms with Gasteiger partial charge in [0.2, 0.25) is 5.16 Å². The summed E-state index contributed by atoms with van der Waals surface area (Å²) in [5.41, 5.74) is 3.24. The molecule has 0 aliphatic heterocycles. The van der Waals surface area contributed by atoms with Gasteiger partial charge < -0.3 is 10.1 Å². The van der Waals surface area contributed by atoms with Gasteiger partial charge in [0, 0.05) is 17.3 Å². The fourth-order valence-corrected chi connectivity index (χ4v) is 4.60. The number of hydrogen-bond acceptors (Lipinski definition) is 6. The predicted molar refractivity (Wildman–Crippen MR) is 143 cm³/mol. The van der Waals surface area contributed by atoms with Crippen molar-refractivity contribution in [3.63, 3.8) is 0 Å². The van der Waals surface area contributed by atoms with E-state index in [1.165, 1.54) is 5.56 Å². The first kappa shape index (κ1) is 26.5. The quantitative estimate of drug-likeness (QED) is 0.165. The maximum absolute atomic E-state index is 5.93. The number of hydrogen-bond donors (Lipinski definition) is 1. The molecule has 10 heteroatoms. The van der Waals surface area contributed by atoms with Crippen LogP contribution in [-0.2, 0) is 13.2 Å². The van der Waals surface area contributed by atoms with Crippen molar-refractivity contribution in [2.75, 3.05) is 12.3 Å². The third-order valence-corrected chi connectivity index (χ3v) is 6.68. The van der Waals surface area contributed by atoms with Gasteiger partial charge in [-0.05, 0) is 86.8 Å². The first-order valence-corrected chi connectivity index (χ1v) is 12.7. The van der Waals surface area contributed by atoms with E-state index in [1.807, 2.05) is 60.7 Å². The molecule has 4 aromatic rings. The average molecular weight is 581 g/mol. The number of aromatic nitrogens is 4. The summed E-state index contributed by atoms with van der Waals surface area (Å²) in [6, 6.07) is 23.8. The molecule has 0 unspecified atom stereocenters. The van der Waals surface area contributed by atoms with Gasteiger partial charge in [-0.15, -0.1) is 17.5 Å². The monoisotopic (exact) mass is 579 g/mol. The van der Waals surface area contributed by atoms with Crippen molar-refractivity contribution in [3.8, 4) is 11.4 Å². The lowest BCUT2D eigenvalue weighted by Gasteiger charge is -2.11. The standard InChI is InChI=1S/C24H23BrClN5OS.ClH/c25-22-15-19(9-12-23(22)32-17-18-7-10-20(26)11-8-18)16-27-13-4-14-33-24-28-29-30-31(24)21-5-2-1-3-6-21;/h1-3,5-12,15,27H,4,13-14,16-17H2;1H. The van der Waals surface area contributed by atoms with Gasteiger partial charge in [-0.25, -0.2) is 0 Å². The van der Waals surface area contributed by atoms with E-state index in [1.54, 1.807) is 16.4 Å². The topological polar surface area (TPSA) is 64.9 Å². The molecule has 0 saturated carbocycles. The SMILES string of the molecule is Cl.Clc1ccc(COc2ccc(CNCCCSc3nnnn3-c3ccccc3)cc2Br)cc1. The molecule has 0 bridgehead atoms. The number of halogens is 3. The van der Waals surface area contributed by atoms with E-state index >= 15 is 0 Å². The third kappa shape index (κ3) is 7.71. The second kappa shape index (κ2) is 13.7. The Morgan fingerprint density at radius 2 is 1.76 bits per heavy atom. The van der Waals surface area contributed by atoms with Crippen LogP contribution in [0.25, 0.3) is 5.69 Å². The minimum absolute atomic E-state index is 0. The molecule has 34 heavy (non-hydrogen) atoms. The van der Waals surface area contributed by atoms with E-state index in [-0.39, 0.29) is 12.4 Å². The van der Waals surface area contributed by atoms with E-state index in [0.717, 1.165) is 56.9 Å². The van der Waals surface area contributed by atoms with Crippen molar-refractivity contribution in [3.05, 3.63) is 93.4 Å². The summed E-state index contributed by atoms with van der Waals surface area (Å²) >= 11 is 11.2. The summed E-state index contributed by atoms with van der Waals surface area (Å²) in [6.45, 7) is 2.20. The highest BCUT2D eigenvalue weighted by atomic mass is 79.9. The largest absolute Gasteiger partial charge is 0.488 e. The van der Waals surface area contributed by atoms with Crippen molar-refractivity contribution >= 4 is 51.7 Å². The number of thioether (sulfide) groups is 1. The second-order valence-corrected chi connectivity index (χ2v) is 9.62. The highest BCUT2D eigenvalue weighted by Crippen LogP contribution is 2.27. The van der Waals surface area contributed by atoms with Gasteiger partial charge >= 0.3 is 0 Å². The van der Waals surface area contributed by atoms with Gasteiger partial charge in [-0.3, -0.25) is 0 Å². The molecule has 0 atom stereocenters. The number of nitrogens with zero attached hydrogens (tertiary/aromatic N) is 4.